The molecule has 0 saturated heterocycles. The number of pyridine rings is 1. The van der Waals surface area contributed by atoms with Crippen molar-refractivity contribution in [3.63, 3.8) is 0 Å². The van der Waals surface area contributed by atoms with Crippen LogP contribution in [0.15, 0.2) is 58.8 Å². The first-order valence-corrected chi connectivity index (χ1v) is 11.5. The number of aromatic nitrogens is 3. The largest absolute Gasteiger partial charge is 0.383 e. The van der Waals surface area contributed by atoms with Crippen molar-refractivity contribution in [2.24, 2.45) is 0 Å². The number of nitrogens with zero attached hydrogens (tertiary/aromatic N) is 3. The van der Waals surface area contributed by atoms with Crippen LogP contribution >= 0.6 is 34.3 Å². The van der Waals surface area contributed by atoms with E-state index in [1.807, 2.05) is 23.6 Å². The first-order valence-electron chi connectivity index (χ1n) is 9.42. The summed E-state index contributed by atoms with van der Waals surface area (Å²) in [7, 11) is 1.59. The Labute approximate surface area is 191 Å². The molecule has 1 N–H and O–H groups in total. The second-order valence-electron chi connectivity index (χ2n) is 6.58. The molecular weight excluding hydrogens is 456 g/mol. The van der Waals surface area contributed by atoms with Crippen molar-refractivity contribution in [3.05, 3.63) is 84.2 Å². The Bertz CT molecular complexity index is 1240. The number of carbonyl (C=O) groups is 1. The van der Waals surface area contributed by atoms with Crippen LogP contribution in [0.25, 0.3) is 5.69 Å². The van der Waals surface area contributed by atoms with E-state index in [0.29, 0.717) is 40.4 Å². The number of methoxy groups -OCH3 is 1. The van der Waals surface area contributed by atoms with E-state index in [0.717, 1.165) is 4.88 Å². The topological polar surface area (TPSA) is 78.2 Å². The van der Waals surface area contributed by atoms with Gasteiger partial charge in [-0.05, 0) is 35.7 Å². The lowest BCUT2D eigenvalue weighted by Crippen LogP contribution is -2.26. The average molecular weight is 475 g/mol. The van der Waals surface area contributed by atoms with Crippen LogP contribution in [0, 0.1) is 0 Å². The molecule has 160 valence electrons. The van der Waals surface area contributed by atoms with Crippen molar-refractivity contribution in [2.45, 2.75) is 13.1 Å². The van der Waals surface area contributed by atoms with Crippen LogP contribution in [0.1, 0.15) is 20.2 Å². The maximum atomic E-state index is 13.0. The molecule has 4 heterocycles. The highest BCUT2D eigenvalue weighted by Crippen LogP contribution is 2.24. The molecule has 0 bridgehead atoms. The standard InChI is InChI=1S/C21H19ClN4O3S2/c1-29-10-9-25-8-2-4-16(21(25)28)26-19(23-13-14-6-7-18(22)31-14)12-15(24-26)20(27)17-5-3-11-30-17/h2-8,11-12,23H,9-10,13H2,1H3. The summed E-state index contributed by atoms with van der Waals surface area (Å²) in [5, 5.41) is 9.61. The smallest absolute Gasteiger partial charge is 0.276 e. The first-order chi connectivity index (χ1) is 15.1. The number of halogens is 1. The van der Waals surface area contributed by atoms with Gasteiger partial charge in [0.25, 0.3) is 5.56 Å². The third-order valence-electron chi connectivity index (χ3n) is 4.52. The van der Waals surface area contributed by atoms with Crippen molar-refractivity contribution < 1.29 is 9.53 Å². The molecule has 31 heavy (non-hydrogen) atoms. The maximum Gasteiger partial charge on any atom is 0.276 e. The number of nitrogens with one attached hydrogen (secondary N) is 1. The highest BCUT2D eigenvalue weighted by atomic mass is 35.5. The van der Waals surface area contributed by atoms with E-state index >= 15 is 0 Å². The molecule has 7 nitrogen and oxygen atoms in total. The van der Waals surface area contributed by atoms with Crippen molar-refractivity contribution in [2.75, 3.05) is 19.0 Å². The Hall–Kier alpha value is -2.72. The summed E-state index contributed by atoms with van der Waals surface area (Å²) in [5.74, 6) is 0.359. The lowest BCUT2D eigenvalue weighted by atomic mass is 10.2. The van der Waals surface area contributed by atoms with Crippen molar-refractivity contribution >= 4 is 45.9 Å². The third-order valence-corrected chi connectivity index (χ3v) is 6.62. The van der Waals surface area contributed by atoms with Crippen molar-refractivity contribution in [1.29, 1.82) is 0 Å². The van der Waals surface area contributed by atoms with Gasteiger partial charge in [0.1, 0.15) is 17.2 Å². The van der Waals surface area contributed by atoms with Crippen LogP contribution in [0.3, 0.4) is 0 Å². The summed E-state index contributed by atoms with van der Waals surface area (Å²) in [6.07, 6.45) is 1.70. The molecule has 0 fully saturated rings. The van der Waals surface area contributed by atoms with E-state index in [1.54, 1.807) is 42.1 Å². The fourth-order valence-electron chi connectivity index (χ4n) is 3.01. The molecule has 4 aromatic heterocycles. The number of rotatable bonds is 9. The SMILES string of the molecule is COCCn1cccc(-n2nc(C(=O)c3cccs3)cc2NCc2ccc(Cl)s2)c1=O. The predicted octanol–water partition coefficient (Wildman–Crippen LogP) is 4.30. The lowest BCUT2D eigenvalue weighted by Gasteiger charge is -2.11. The van der Waals surface area contributed by atoms with Gasteiger partial charge >= 0.3 is 0 Å². The minimum absolute atomic E-state index is 0.188. The minimum atomic E-state index is -0.222. The van der Waals surface area contributed by atoms with Gasteiger partial charge in [-0.15, -0.1) is 22.7 Å². The van der Waals surface area contributed by atoms with E-state index < -0.39 is 0 Å². The second-order valence-corrected chi connectivity index (χ2v) is 9.32. The number of ether oxygens (including phenoxy) is 1. The molecule has 0 unspecified atom stereocenters. The number of hydrogen-bond donors (Lipinski definition) is 1. The Morgan fingerprint density at radius 1 is 1.26 bits per heavy atom. The van der Waals surface area contributed by atoms with Gasteiger partial charge in [0.05, 0.1) is 22.4 Å². The van der Waals surface area contributed by atoms with Crippen LogP contribution in [0.5, 0.6) is 0 Å². The van der Waals surface area contributed by atoms with Gasteiger partial charge in [-0.2, -0.15) is 5.10 Å². The highest BCUT2D eigenvalue weighted by Gasteiger charge is 2.19. The van der Waals surface area contributed by atoms with E-state index in [-0.39, 0.29) is 17.0 Å². The Morgan fingerprint density at radius 2 is 2.13 bits per heavy atom. The van der Waals surface area contributed by atoms with Crippen LogP contribution in [-0.4, -0.2) is 33.8 Å². The minimum Gasteiger partial charge on any atom is -0.383 e. The lowest BCUT2D eigenvalue weighted by molar-refractivity contribution is 0.103. The molecule has 0 spiro atoms. The maximum absolute atomic E-state index is 13.0. The average Bonchev–Trinajstić information content (AvgIpc) is 3.52. The molecule has 0 aliphatic heterocycles. The van der Waals surface area contributed by atoms with Gasteiger partial charge in [0.2, 0.25) is 5.78 Å². The molecule has 0 aliphatic rings. The van der Waals surface area contributed by atoms with Crippen LogP contribution < -0.4 is 10.9 Å². The summed E-state index contributed by atoms with van der Waals surface area (Å²) in [6, 6.07) is 12.5. The second kappa shape index (κ2) is 9.61. The summed E-state index contributed by atoms with van der Waals surface area (Å²) < 4.78 is 8.83. The van der Waals surface area contributed by atoms with Crippen molar-refractivity contribution in [1.82, 2.24) is 14.3 Å². The van der Waals surface area contributed by atoms with E-state index in [2.05, 4.69) is 10.4 Å². The fraction of sp³-hybridized carbons (Fsp3) is 0.190. The van der Waals surface area contributed by atoms with Crippen LogP contribution in [0.2, 0.25) is 4.34 Å². The number of thiophene rings is 2. The molecule has 0 radical (unpaired) electrons. The Balaban J connectivity index is 1.72. The van der Waals surface area contributed by atoms with Gasteiger partial charge in [0.15, 0.2) is 0 Å². The van der Waals surface area contributed by atoms with Gasteiger partial charge in [-0.1, -0.05) is 17.7 Å². The zero-order chi connectivity index (χ0) is 21.8. The molecule has 10 heteroatoms. The zero-order valence-corrected chi connectivity index (χ0v) is 19.0. The van der Waals surface area contributed by atoms with Crippen molar-refractivity contribution in [3.8, 4) is 5.69 Å². The Kier molecular flexibility index (Phi) is 6.67. The van der Waals surface area contributed by atoms with Crippen LogP contribution in [-0.2, 0) is 17.8 Å². The molecule has 4 rings (SSSR count). The van der Waals surface area contributed by atoms with Crippen LogP contribution in [0.4, 0.5) is 5.82 Å². The monoisotopic (exact) mass is 474 g/mol. The summed E-state index contributed by atoms with van der Waals surface area (Å²) in [6.45, 7) is 1.32. The van der Waals surface area contributed by atoms with E-state index in [1.165, 1.54) is 27.4 Å². The van der Waals surface area contributed by atoms with Gasteiger partial charge in [0, 0.05) is 30.8 Å². The summed E-state index contributed by atoms with van der Waals surface area (Å²) >= 11 is 8.84. The third kappa shape index (κ3) is 4.80. The molecule has 0 amide bonds. The molecule has 0 atom stereocenters. The zero-order valence-electron chi connectivity index (χ0n) is 16.6. The molecular formula is C21H19ClN4O3S2. The summed E-state index contributed by atoms with van der Waals surface area (Å²) in [5.41, 5.74) is 0.386. The first kappa shape index (κ1) is 21.5. The van der Waals surface area contributed by atoms with Gasteiger partial charge < -0.3 is 14.6 Å². The normalized spacial score (nSPS) is 11.0. The predicted molar refractivity (Wildman–Crippen MR) is 124 cm³/mol. The molecule has 0 aromatic carbocycles. The fourth-order valence-corrected chi connectivity index (χ4v) is 4.71. The molecule has 0 aliphatic carbocycles. The van der Waals surface area contributed by atoms with E-state index in [9.17, 15) is 9.59 Å². The van der Waals surface area contributed by atoms with Gasteiger partial charge in [-0.3, -0.25) is 9.59 Å². The number of anilines is 1. The molecule has 0 saturated carbocycles. The number of hydrogen-bond acceptors (Lipinski definition) is 7. The number of ketones is 1. The van der Waals surface area contributed by atoms with Gasteiger partial charge in [-0.25, -0.2) is 4.68 Å². The highest BCUT2D eigenvalue weighted by molar-refractivity contribution is 7.16. The number of carbonyl (C=O) groups excluding carboxylic acids is 1. The Morgan fingerprint density at radius 3 is 2.84 bits per heavy atom. The molecule has 4 aromatic rings. The summed E-state index contributed by atoms with van der Waals surface area (Å²) in [4.78, 5) is 27.5. The quantitative estimate of drug-likeness (QED) is 0.366. The van der Waals surface area contributed by atoms with E-state index in [4.69, 9.17) is 16.3 Å².